The summed E-state index contributed by atoms with van der Waals surface area (Å²) < 4.78 is 0. The highest BCUT2D eigenvalue weighted by molar-refractivity contribution is 6.30. The van der Waals surface area contributed by atoms with Crippen molar-refractivity contribution < 1.29 is 4.92 Å². The van der Waals surface area contributed by atoms with Crippen LogP contribution in [0.5, 0.6) is 0 Å². The standard InChI is InChI=1S/C17H15ClN6O2/c1-10-2-6-12(7-3-10)20-16-14(24(25)26)15(19)22-17(23-16)21-13-8-4-11(18)5-9-13/h2-9H,1H3,(H4,19,20,21,22,23). The van der Waals surface area contributed by atoms with Crippen LogP contribution in [0.15, 0.2) is 48.5 Å². The molecule has 0 radical (unpaired) electrons. The smallest absolute Gasteiger partial charge is 0.353 e. The van der Waals surface area contributed by atoms with E-state index in [4.69, 9.17) is 17.3 Å². The summed E-state index contributed by atoms with van der Waals surface area (Å²) in [4.78, 5) is 18.9. The number of nitro groups is 1. The van der Waals surface area contributed by atoms with Gasteiger partial charge in [0.1, 0.15) is 0 Å². The van der Waals surface area contributed by atoms with Crippen molar-refractivity contribution in [3.05, 3.63) is 69.2 Å². The molecular formula is C17H15ClN6O2. The van der Waals surface area contributed by atoms with E-state index in [1.807, 2.05) is 19.1 Å². The molecule has 132 valence electrons. The third-order valence-corrected chi connectivity index (χ3v) is 3.76. The summed E-state index contributed by atoms with van der Waals surface area (Å²) in [6.45, 7) is 1.95. The number of anilines is 5. The molecule has 0 amide bonds. The van der Waals surface area contributed by atoms with Crippen LogP contribution in [0.4, 0.5) is 34.6 Å². The van der Waals surface area contributed by atoms with Crippen LogP contribution in [-0.2, 0) is 0 Å². The number of aryl methyl sites for hydroxylation is 1. The maximum absolute atomic E-state index is 11.4. The fourth-order valence-corrected chi connectivity index (χ4v) is 2.36. The average Bonchev–Trinajstić information content (AvgIpc) is 2.58. The van der Waals surface area contributed by atoms with Crippen LogP contribution < -0.4 is 16.4 Å². The quantitative estimate of drug-likeness (QED) is 0.449. The van der Waals surface area contributed by atoms with Gasteiger partial charge in [-0.25, -0.2) is 0 Å². The molecule has 0 fully saturated rings. The lowest BCUT2D eigenvalue weighted by molar-refractivity contribution is -0.383. The molecule has 3 rings (SSSR count). The van der Waals surface area contributed by atoms with Gasteiger partial charge < -0.3 is 16.4 Å². The maximum Gasteiger partial charge on any atom is 0.353 e. The molecule has 2 aromatic carbocycles. The predicted octanol–water partition coefficient (Wildman–Crippen LogP) is 4.42. The number of hydrogen-bond donors (Lipinski definition) is 3. The molecule has 0 aliphatic heterocycles. The van der Waals surface area contributed by atoms with Gasteiger partial charge in [-0.3, -0.25) is 10.1 Å². The Morgan fingerprint density at radius 3 is 2.19 bits per heavy atom. The third-order valence-electron chi connectivity index (χ3n) is 3.51. The largest absolute Gasteiger partial charge is 0.378 e. The summed E-state index contributed by atoms with van der Waals surface area (Å²) in [5.74, 6) is -0.107. The summed E-state index contributed by atoms with van der Waals surface area (Å²) in [7, 11) is 0. The molecule has 0 unspecified atom stereocenters. The van der Waals surface area contributed by atoms with Gasteiger partial charge in [-0.05, 0) is 43.3 Å². The van der Waals surface area contributed by atoms with Crippen LogP contribution in [0.25, 0.3) is 0 Å². The molecule has 0 saturated carbocycles. The Morgan fingerprint density at radius 2 is 1.58 bits per heavy atom. The normalized spacial score (nSPS) is 10.4. The summed E-state index contributed by atoms with van der Waals surface area (Å²) >= 11 is 5.86. The zero-order valence-corrected chi connectivity index (χ0v) is 14.5. The second-order valence-corrected chi connectivity index (χ2v) is 5.95. The van der Waals surface area contributed by atoms with Crippen molar-refractivity contribution >= 4 is 46.2 Å². The summed E-state index contributed by atoms with van der Waals surface area (Å²) in [6.07, 6.45) is 0. The van der Waals surface area contributed by atoms with E-state index in [0.29, 0.717) is 16.4 Å². The highest BCUT2D eigenvalue weighted by atomic mass is 35.5. The van der Waals surface area contributed by atoms with E-state index in [-0.39, 0.29) is 23.3 Å². The van der Waals surface area contributed by atoms with Gasteiger partial charge in [0.15, 0.2) is 0 Å². The lowest BCUT2D eigenvalue weighted by Gasteiger charge is -2.11. The molecule has 0 aliphatic rings. The van der Waals surface area contributed by atoms with Gasteiger partial charge in [-0.1, -0.05) is 29.3 Å². The number of benzene rings is 2. The molecule has 0 bridgehead atoms. The van der Waals surface area contributed by atoms with Crippen molar-refractivity contribution in [2.24, 2.45) is 0 Å². The Bertz CT molecular complexity index is 945. The minimum atomic E-state index is -0.613. The van der Waals surface area contributed by atoms with Crippen molar-refractivity contribution in [2.75, 3.05) is 16.4 Å². The topological polar surface area (TPSA) is 119 Å². The molecule has 26 heavy (non-hydrogen) atoms. The zero-order valence-electron chi connectivity index (χ0n) is 13.7. The molecule has 0 saturated heterocycles. The van der Waals surface area contributed by atoms with E-state index in [1.165, 1.54) is 0 Å². The molecule has 0 atom stereocenters. The van der Waals surface area contributed by atoms with Crippen LogP contribution in [-0.4, -0.2) is 14.9 Å². The second kappa shape index (κ2) is 7.24. The van der Waals surface area contributed by atoms with E-state index >= 15 is 0 Å². The van der Waals surface area contributed by atoms with Gasteiger partial charge in [0, 0.05) is 16.4 Å². The molecule has 8 nitrogen and oxygen atoms in total. The van der Waals surface area contributed by atoms with Gasteiger partial charge in [0.05, 0.1) is 4.92 Å². The van der Waals surface area contributed by atoms with E-state index in [0.717, 1.165) is 5.56 Å². The SMILES string of the molecule is Cc1ccc(Nc2nc(Nc3ccc(Cl)cc3)nc(N)c2[N+](=O)[O-])cc1. The Labute approximate surface area is 154 Å². The fourth-order valence-electron chi connectivity index (χ4n) is 2.23. The molecule has 0 spiro atoms. The monoisotopic (exact) mass is 370 g/mol. The highest BCUT2D eigenvalue weighted by Crippen LogP contribution is 2.32. The first-order valence-corrected chi connectivity index (χ1v) is 7.98. The number of rotatable bonds is 5. The number of nitrogens with one attached hydrogen (secondary N) is 2. The van der Waals surface area contributed by atoms with E-state index in [9.17, 15) is 10.1 Å². The third kappa shape index (κ3) is 3.98. The maximum atomic E-state index is 11.4. The van der Waals surface area contributed by atoms with Crippen molar-refractivity contribution in [2.45, 2.75) is 6.92 Å². The van der Waals surface area contributed by atoms with Crippen molar-refractivity contribution in [3.8, 4) is 0 Å². The number of hydrogen-bond acceptors (Lipinski definition) is 7. The van der Waals surface area contributed by atoms with Crippen LogP contribution in [0, 0.1) is 17.0 Å². The Balaban J connectivity index is 1.97. The molecule has 1 aromatic heterocycles. The minimum absolute atomic E-state index is 0.00261. The number of nitrogens with two attached hydrogens (primary N) is 1. The molecule has 9 heteroatoms. The number of nitrogen functional groups attached to an aromatic ring is 1. The summed E-state index contributed by atoms with van der Waals surface area (Å²) in [5, 5.41) is 17.8. The first-order valence-electron chi connectivity index (χ1n) is 7.60. The summed E-state index contributed by atoms with van der Waals surface area (Å²) in [5.41, 5.74) is 7.79. The highest BCUT2D eigenvalue weighted by Gasteiger charge is 2.23. The summed E-state index contributed by atoms with van der Waals surface area (Å²) in [6, 6.07) is 14.2. The van der Waals surface area contributed by atoms with Crippen LogP contribution in [0.1, 0.15) is 5.56 Å². The van der Waals surface area contributed by atoms with Crippen molar-refractivity contribution in [3.63, 3.8) is 0 Å². The van der Waals surface area contributed by atoms with Gasteiger partial charge in [-0.15, -0.1) is 0 Å². The molecule has 1 heterocycles. The average molecular weight is 371 g/mol. The number of halogens is 1. The molecule has 4 N–H and O–H groups in total. The van der Waals surface area contributed by atoms with Crippen molar-refractivity contribution in [1.29, 1.82) is 0 Å². The Hall–Kier alpha value is -3.39. The Morgan fingerprint density at radius 1 is 1.00 bits per heavy atom. The van der Waals surface area contributed by atoms with Crippen LogP contribution in [0.2, 0.25) is 5.02 Å². The number of nitrogens with zero attached hydrogens (tertiary/aromatic N) is 3. The van der Waals surface area contributed by atoms with E-state index in [1.54, 1.807) is 36.4 Å². The van der Waals surface area contributed by atoms with Gasteiger partial charge in [0.25, 0.3) is 0 Å². The zero-order chi connectivity index (χ0) is 18.7. The molecule has 3 aromatic rings. The van der Waals surface area contributed by atoms with Gasteiger partial charge in [0.2, 0.25) is 17.6 Å². The van der Waals surface area contributed by atoms with Gasteiger partial charge >= 0.3 is 5.69 Å². The molecular weight excluding hydrogens is 356 g/mol. The lowest BCUT2D eigenvalue weighted by Crippen LogP contribution is -2.08. The van der Waals surface area contributed by atoms with Crippen molar-refractivity contribution in [1.82, 2.24) is 9.97 Å². The Kier molecular flexibility index (Phi) is 4.85. The minimum Gasteiger partial charge on any atom is -0.378 e. The molecule has 0 aliphatic carbocycles. The second-order valence-electron chi connectivity index (χ2n) is 5.51. The van der Waals surface area contributed by atoms with E-state index < -0.39 is 4.92 Å². The fraction of sp³-hybridized carbons (Fsp3) is 0.0588. The van der Waals surface area contributed by atoms with E-state index in [2.05, 4.69) is 20.6 Å². The van der Waals surface area contributed by atoms with Gasteiger partial charge in [-0.2, -0.15) is 9.97 Å². The van der Waals surface area contributed by atoms with Crippen LogP contribution >= 0.6 is 11.6 Å². The predicted molar refractivity (Wildman–Crippen MR) is 102 cm³/mol. The number of aromatic nitrogens is 2. The first kappa shape index (κ1) is 17.4. The van der Waals surface area contributed by atoms with Crippen LogP contribution in [0.3, 0.4) is 0 Å². The lowest BCUT2D eigenvalue weighted by atomic mass is 10.2. The first-order chi connectivity index (χ1) is 12.4.